The first kappa shape index (κ1) is 30.6. The van der Waals surface area contributed by atoms with Crippen molar-refractivity contribution in [2.45, 2.75) is 38.1 Å². The Bertz CT molecular complexity index is 1450. The molecule has 2 aromatic rings. The maximum absolute atomic E-state index is 15.0. The van der Waals surface area contributed by atoms with Gasteiger partial charge in [0.2, 0.25) is 15.9 Å². The zero-order valence-corrected chi connectivity index (χ0v) is 24.2. The minimum absolute atomic E-state index is 0.0245. The lowest BCUT2D eigenvalue weighted by Gasteiger charge is -2.49. The summed E-state index contributed by atoms with van der Waals surface area (Å²) in [4.78, 5) is 42.1. The number of nitrogens with one attached hydrogen (secondary N) is 1. The fourth-order valence-corrected chi connectivity index (χ4v) is 6.71. The van der Waals surface area contributed by atoms with Crippen molar-refractivity contribution in [3.05, 3.63) is 65.0 Å². The number of piperidine rings is 1. The third-order valence-corrected chi connectivity index (χ3v) is 9.89. The van der Waals surface area contributed by atoms with Crippen LogP contribution >= 0.6 is 0 Å². The number of ketones is 1. The summed E-state index contributed by atoms with van der Waals surface area (Å²) in [7, 11) is -2.25. The molecule has 4 atom stereocenters. The lowest BCUT2D eigenvalue weighted by atomic mass is 9.59. The van der Waals surface area contributed by atoms with Crippen molar-refractivity contribution in [2.75, 3.05) is 39.5 Å². The zero-order chi connectivity index (χ0) is 30.1. The third kappa shape index (κ3) is 6.00. The summed E-state index contributed by atoms with van der Waals surface area (Å²) in [5, 5.41) is 23.2. The zero-order valence-electron chi connectivity index (χ0n) is 23.3. The van der Waals surface area contributed by atoms with E-state index in [2.05, 4.69) is 5.32 Å². The summed E-state index contributed by atoms with van der Waals surface area (Å²) < 4.78 is 40.8. The first-order chi connectivity index (χ1) is 19.3. The standard InChI is InChI=1S/C29H36FN3O7S/c1-18-21(9-5-10-23(18)30)25-22(26(35)19-7-4-8-20(34)15-19)16-31-17-29(25,12-14-32(2)41(3,39)40)28(38)33-13-6-11-24(33)27(36)37/h4-5,7-10,15,22,24-25,31,34H,6,11-14,16-17H2,1-3H3,(H,36,37)/t22-,24?,25-,29+/m0/s1. The molecule has 3 N–H and O–H groups in total. The monoisotopic (exact) mass is 589 g/mol. The Balaban J connectivity index is 1.93. The molecule has 0 spiro atoms. The Hall–Kier alpha value is -3.35. The molecule has 2 aliphatic rings. The van der Waals surface area contributed by atoms with Crippen molar-refractivity contribution < 1.29 is 37.4 Å². The van der Waals surface area contributed by atoms with Gasteiger partial charge in [-0.2, -0.15) is 0 Å². The van der Waals surface area contributed by atoms with Crippen LogP contribution in [0.3, 0.4) is 0 Å². The Morgan fingerprint density at radius 2 is 1.90 bits per heavy atom. The highest BCUT2D eigenvalue weighted by atomic mass is 32.2. The summed E-state index contributed by atoms with van der Waals surface area (Å²) in [6.45, 7) is 1.83. The average Bonchev–Trinajstić information content (AvgIpc) is 3.42. The van der Waals surface area contributed by atoms with E-state index in [0.29, 0.717) is 12.0 Å². The number of carboxylic acids is 1. The molecule has 2 aliphatic heterocycles. The quantitative estimate of drug-likeness (QED) is 0.378. The lowest BCUT2D eigenvalue weighted by Crippen LogP contribution is -2.61. The van der Waals surface area contributed by atoms with Crippen LogP contribution < -0.4 is 5.32 Å². The SMILES string of the molecule is Cc1c(F)cccc1[C@H]1[C@@H](C(=O)c2cccc(O)c2)CNC[C@@]1(CCN(C)S(C)(=O)=O)C(=O)N1CCCC1C(=O)O. The Morgan fingerprint density at radius 3 is 2.56 bits per heavy atom. The molecule has 4 rings (SSSR count). The van der Waals surface area contributed by atoms with Crippen molar-refractivity contribution in [2.24, 2.45) is 11.3 Å². The Morgan fingerprint density at radius 1 is 1.20 bits per heavy atom. The van der Waals surface area contributed by atoms with Gasteiger partial charge in [-0.05, 0) is 55.5 Å². The number of amides is 1. The van der Waals surface area contributed by atoms with Crippen LogP contribution in [0.15, 0.2) is 42.5 Å². The van der Waals surface area contributed by atoms with E-state index < -0.39 is 51.0 Å². The van der Waals surface area contributed by atoms with Gasteiger partial charge in [-0.3, -0.25) is 9.59 Å². The third-order valence-electron chi connectivity index (χ3n) is 8.58. The number of carbonyl (C=O) groups excluding carboxylic acids is 2. The molecule has 1 unspecified atom stereocenters. The fourth-order valence-electron chi connectivity index (χ4n) is 6.29. The van der Waals surface area contributed by atoms with Crippen molar-refractivity contribution >= 4 is 27.7 Å². The van der Waals surface area contributed by atoms with E-state index in [-0.39, 0.29) is 61.7 Å². The van der Waals surface area contributed by atoms with Gasteiger partial charge in [-0.25, -0.2) is 21.9 Å². The van der Waals surface area contributed by atoms with Gasteiger partial charge in [0, 0.05) is 50.6 Å². The van der Waals surface area contributed by atoms with Gasteiger partial charge in [0.1, 0.15) is 17.6 Å². The number of halogens is 1. The number of carboxylic acid groups (broad SMARTS) is 1. The van der Waals surface area contributed by atoms with E-state index in [1.54, 1.807) is 19.1 Å². The number of phenols is 1. The summed E-state index contributed by atoms with van der Waals surface area (Å²) >= 11 is 0. The topological polar surface area (TPSA) is 144 Å². The number of sulfonamides is 1. The number of benzene rings is 2. The molecule has 0 aliphatic carbocycles. The molecule has 0 bridgehead atoms. The summed E-state index contributed by atoms with van der Waals surface area (Å²) in [6, 6.07) is 9.22. The van der Waals surface area contributed by atoms with E-state index in [4.69, 9.17) is 0 Å². The molecule has 0 aromatic heterocycles. The number of hydrogen-bond acceptors (Lipinski definition) is 7. The van der Waals surface area contributed by atoms with Crippen LogP contribution in [0.1, 0.15) is 46.7 Å². The Kier molecular flexibility index (Phi) is 8.86. The van der Waals surface area contributed by atoms with E-state index in [0.717, 1.165) is 10.6 Å². The molecule has 0 saturated carbocycles. The van der Waals surface area contributed by atoms with Crippen LogP contribution in [0.25, 0.3) is 0 Å². The number of aliphatic carboxylic acids is 1. The van der Waals surface area contributed by atoms with Crippen molar-refractivity contribution in [3.63, 3.8) is 0 Å². The van der Waals surface area contributed by atoms with Gasteiger partial charge in [-0.15, -0.1) is 0 Å². The molecule has 0 radical (unpaired) electrons. The van der Waals surface area contributed by atoms with E-state index in [9.17, 15) is 33.0 Å². The fraction of sp³-hybridized carbons (Fsp3) is 0.483. The van der Waals surface area contributed by atoms with Crippen LogP contribution in [-0.4, -0.2) is 91.0 Å². The first-order valence-corrected chi connectivity index (χ1v) is 15.4. The molecular weight excluding hydrogens is 553 g/mol. The highest BCUT2D eigenvalue weighted by Crippen LogP contribution is 2.50. The van der Waals surface area contributed by atoms with Crippen molar-refractivity contribution in [1.29, 1.82) is 0 Å². The number of nitrogens with zero attached hydrogens (tertiary/aromatic N) is 2. The second-order valence-electron chi connectivity index (χ2n) is 11.1. The van der Waals surface area contributed by atoms with Gasteiger partial charge >= 0.3 is 5.97 Å². The smallest absolute Gasteiger partial charge is 0.326 e. The van der Waals surface area contributed by atoms with E-state index >= 15 is 4.39 Å². The number of carbonyl (C=O) groups is 3. The predicted molar refractivity (Wildman–Crippen MR) is 150 cm³/mol. The van der Waals surface area contributed by atoms with Crippen molar-refractivity contribution in [1.82, 2.24) is 14.5 Å². The molecule has 2 fully saturated rings. The second-order valence-corrected chi connectivity index (χ2v) is 13.2. The number of rotatable bonds is 9. The van der Waals surface area contributed by atoms with Gasteiger partial charge in [0.15, 0.2) is 5.78 Å². The van der Waals surface area contributed by atoms with E-state index in [1.165, 1.54) is 42.3 Å². The summed E-state index contributed by atoms with van der Waals surface area (Å²) in [5.74, 6) is -4.52. The van der Waals surface area contributed by atoms with Crippen LogP contribution in [0.2, 0.25) is 0 Å². The minimum Gasteiger partial charge on any atom is -0.508 e. The molecule has 2 aromatic carbocycles. The normalized spacial score (nSPS) is 24.9. The number of aromatic hydroxyl groups is 1. The summed E-state index contributed by atoms with van der Waals surface area (Å²) in [5.41, 5.74) is -0.619. The van der Waals surface area contributed by atoms with Gasteiger partial charge < -0.3 is 20.4 Å². The molecule has 10 nitrogen and oxygen atoms in total. The highest BCUT2D eigenvalue weighted by Gasteiger charge is 2.56. The molecule has 12 heteroatoms. The lowest BCUT2D eigenvalue weighted by molar-refractivity contribution is -0.155. The Labute approximate surface area is 239 Å². The minimum atomic E-state index is -3.63. The van der Waals surface area contributed by atoms with Gasteiger partial charge in [0.05, 0.1) is 11.7 Å². The van der Waals surface area contributed by atoms with Gasteiger partial charge in [-0.1, -0.05) is 24.3 Å². The molecule has 2 heterocycles. The maximum atomic E-state index is 15.0. The molecule has 41 heavy (non-hydrogen) atoms. The molecule has 2 saturated heterocycles. The predicted octanol–water partition coefficient (Wildman–Crippen LogP) is 2.37. The highest BCUT2D eigenvalue weighted by molar-refractivity contribution is 7.88. The molecule has 1 amide bonds. The average molecular weight is 590 g/mol. The maximum Gasteiger partial charge on any atom is 0.326 e. The number of Topliss-reactive ketones (excluding diaryl/α,β-unsaturated/α-hetero) is 1. The van der Waals surface area contributed by atoms with E-state index in [1.807, 2.05) is 0 Å². The molecule has 222 valence electrons. The second kappa shape index (κ2) is 11.9. The molecular formula is C29H36FN3O7S. The number of hydrogen-bond donors (Lipinski definition) is 3. The van der Waals surface area contributed by atoms with Gasteiger partial charge in [0.25, 0.3) is 0 Å². The van der Waals surface area contributed by atoms with Crippen LogP contribution in [-0.2, 0) is 19.6 Å². The number of likely N-dealkylation sites (tertiary alicyclic amines) is 1. The largest absolute Gasteiger partial charge is 0.508 e. The number of phenolic OH excluding ortho intramolecular Hbond substituents is 1. The van der Waals surface area contributed by atoms with Crippen LogP contribution in [0, 0.1) is 24.1 Å². The first-order valence-electron chi connectivity index (χ1n) is 13.5. The van der Waals surface area contributed by atoms with Crippen LogP contribution in [0.5, 0.6) is 5.75 Å². The summed E-state index contributed by atoms with van der Waals surface area (Å²) in [6.07, 6.45) is 1.74. The van der Waals surface area contributed by atoms with Crippen LogP contribution in [0.4, 0.5) is 4.39 Å². The van der Waals surface area contributed by atoms with Crippen molar-refractivity contribution in [3.8, 4) is 5.75 Å².